The fourth-order valence-electron chi connectivity index (χ4n) is 1.86. The molecule has 6 heteroatoms. The SMILES string of the molecule is C[C@@H](OC(=O)Cc1ccc(F)cc1)C(=O)Nc1ccccc1F. The van der Waals surface area contributed by atoms with E-state index in [1.165, 1.54) is 49.4 Å². The van der Waals surface area contributed by atoms with Gasteiger partial charge in [0.15, 0.2) is 6.10 Å². The van der Waals surface area contributed by atoms with Crippen LogP contribution in [0, 0.1) is 11.6 Å². The monoisotopic (exact) mass is 319 g/mol. The molecule has 1 N–H and O–H groups in total. The second-order valence-corrected chi connectivity index (χ2v) is 4.90. The molecule has 1 atom stereocenters. The average molecular weight is 319 g/mol. The number of esters is 1. The van der Waals surface area contributed by atoms with Crippen molar-refractivity contribution in [1.82, 2.24) is 0 Å². The van der Waals surface area contributed by atoms with Gasteiger partial charge in [0, 0.05) is 0 Å². The largest absolute Gasteiger partial charge is 0.452 e. The van der Waals surface area contributed by atoms with E-state index in [0.717, 1.165) is 0 Å². The fourth-order valence-corrected chi connectivity index (χ4v) is 1.86. The maximum absolute atomic E-state index is 13.4. The Hall–Kier alpha value is -2.76. The van der Waals surface area contributed by atoms with Gasteiger partial charge in [0.1, 0.15) is 11.6 Å². The lowest BCUT2D eigenvalue weighted by molar-refractivity contribution is -0.152. The Bertz CT molecular complexity index is 701. The smallest absolute Gasteiger partial charge is 0.311 e. The van der Waals surface area contributed by atoms with E-state index in [1.807, 2.05) is 0 Å². The lowest BCUT2D eigenvalue weighted by Crippen LogP contribution is -2.30. The summed E-state index contributed by atoms with van der Waals surface area (Å²) in [7, 11) is 0. The quantitative estimate of drug-likeness (QED) is 0.862. The molecule has 120 valence electrons. The van der Waals surface area contributed by atoms with Crippen molar-refractivity contribution >= 4 is 17.6 Å². The Morgan fingerprint density at radius 3 is 2.39 bits per heavy atom. The molecule has 0 saturated carbocycles. The Morgan fingerprint density at radius 1 is 1.09 bits per heavy atom. The van der Waals surface area contributed by atoms with Gasteiger partial charge in [-0.25, -0.2) is 8.78 Å². The summed E-state index contributed by atoms with van der Waals surface area (Å²) < 4.78 is 31.2. The van der Waals surface area contributed by atoms with Crippen LogP contribution in [0.4, 0.5) is 14.5 Å². The van der Waals surface area contributed by atoms with Crippen LogP contribution in [0.5, 0.6) is 0 Å². The van der Waals surface area contributed by atoms with Gasteiger partial charge in [-0.1, -0.05) is 24.3 Å². The number of rotatable bonds is 5. The molecule has 0 unspecified atom stereocenters. The summed E-state index contributed by atoms with van der Waals surface area (Å²) in [5.41, 5.74) is 0.581. The number of hydrogen-bond donors (Lipinski definition) is 1. The van der Waals surface area contributed by atoms with E-state index in [9.17, 15) is 18.4 Å². The molecule has 0 radical (unpaired) electrons. The van der Waals surface area contributed by atoms with E-state index in [0.29, 0.717) is 5.56 Å². The molecule has 0 aliphatic carbocycles. The number of anilines is 1. The molecule has 0 aromatic heterocycles. The Morgan fingerprint density at radius 2 is 1.74 bits per heavy atom. The van der Waals surface area contributed by atoms with Crippen molar-refractivity contribution in [1.29, 1.82) is 0 Å². The van der Waals surface area contributed by atoms with Crippen molar-refractivity contribution in [3.63, 3.8) is 0 Å². The van der Waals surface area contributed by atoms with Gasteiger partial charge in [-0.2, -0.15) is 0 Å². The molecule has 1 amide bonds. The van der Waals surface area contributed by atoms with Gasteiger partial charge in [-0.3, -0.25) is 9.59 Å². The number of para-hydroxylation sites is 1. The number of amides is 1. The minimum absolute atomic E-state index is 0.0129. The van der Waals surface area contributed by atoms with E-state index in [2.05, 4.69) is 5.32 Å². The minimum Gasteiger partial charge on any atom is -0.452 e. The molecule has 0 heterocycles. The molecule has 0 fully saturated rings. The molecule has 4 nitrogen and oxygen atoms in total. The molecule has 0 saturated heterocycles. The van der Waals surface area contributed by atoms with E-state index >= 15 is 0 Å². The van der Waals surface area contributed by atoms with Crippen LogP contribution < -0.4 is 5.32 Å². The molecule has 2 rings (SSSR count). The predicted molar refractivity (Wildman–Crippen MR) is 80.7 cm³/mol. The van der Waals surface area contributed by atoms with Crippen LogP contribution in [0.3, 0.4) is 0 Å². The van der Waals surface area contributed by atoms with Crippen LogP contribution in [0.2, 0.25) is 0 Å². The summed E-state index contributed by atoms with van der Waals surface area (Å²) in [6, 6.07) is 11.1. The summed E-state index contributed by atoms with van der Waals surface area (Å²) in [6.07, 6.45) is -1.17. The van der Waals surface area contributed by atoms with Gasteiger partial charge in [-0.05, 0) is 36.8 Å². The highest BCUT2D eigenvalue weighted by Gasteiger charge is 2.19. The van der Waals surface area contributed by atoms with E-state index in [-0.39, 0.29) is 12.1 Å². The number of ether oxygens (including phenoxy) is 1. The summed E-state index contributed by atoms with van der Waals surface area (Å²) in [4.78, 5) is 23.7. The molecule has 2 aromatic rings. The van der Waals surface area contributed by atoms with Crippen LogP contribution in [-0.2, 0) is 20.7 Å². The molecule has 0 aliphatic heterocycles. The number of nitrogens with one attached hydrogen (secondary N) is 1. The Labute approximate surface area is 132 Å². The zero-order chi connectivity index (χ0) is 16.8. The van der Waals surface area contributed by atoms with E-state index in [1.54, 1.807) is 6.07 Å². The number of carbonyl (C=O) groups is 2. The zero-order valence-corrected chi connectivity index (χ0v) is 12.4. The molecule has 23 heavy (non-hydrogen) atoms. The second kappa shape index (κ2) is 7.49. The summed E-state index contributed by atoms with van der Waals surface area (Å²) in [5.74, 6) is -2.25. The van der Waals surface area contributed by atoms with Gasteiger partial charge in [-0.15, -0.1) is 0 Å². The third-order valence-electron chi connectivity index (χ3n) is 3.07. The van der Waals surface area contributed by atoms with E-state index in [4.69, 9.17) is 4.74 Å². The Balaban J connectivity index is 1.89. The van der Waals surface area contributed by atoms with Gasteiger partial charge in [0.2, 0.25) is 0 Å². The zero-order valence-electron chi connectivity index (χ0n) is 12.4. The Kier molecular flexibility index (Phi) is 5.41. The maximum Gasteiger partial charge on any atom is 0.311 e. The number of hydrogen-bond acceptors (Lipinski definition) is 3. The van der Waals surface area contributed by atoms with Gasteiger partial charge >= 0.3 is 5.97 Å². The van der Waals surface area contributed by atoms with Crippen molar-refractivity contribution in [2.45, 2.75) is 19.4 Å². The number of halogens is 2. The first kappa shape index (κ1) is 16.6. The van der Waals surface area contributed by atoms with Crippen molar-refractivity contribution in [3.05, 3.63) is 65.7 Å². The highest BCUT2D eigenvalue weighted by atomic mass is 19.1. The molecule has 0 aliphatic rings. The highest BCUT2D eigenvalue weighted by Crippen LogP contribution is 2.13. The fraction of sp³-hybridized carbons (Fsp3) is 0.176. The topological polar surface area (TPSA) is 55.4 Å². The van der Waals surface area contributed by atoms with Crippen LogP contribution in [0.25, 0.3) is 0 Å². The predicted octanol–water partition coefficient (Wildman–Crippen LogP) is 3.08. The van der Waals surface area contributed by atoms with Crippen LogP contribution in [0.1, 0.15) is 12.5 Å². The average Bonchev–Trinajstić information content (AvgIpc) is 2.51. The van der Waals surface area contributed by atoms with Crippen molar-refractivity contribution in [2.24, 2.45) is 0 Å². The standard InChI is InChI=1S/C17H15F2NO3/c1-11(17(22)20-15-5-3-2-4-14(15)19)23-16(21)10-12-6-8-13(18)9-7-12/h2-9,11H,10H2,1H3,(H,20,22)/t11-/m1/s1. The highest BCUT2D eigenvalue weighted by molar-refractivity contribution is 5.95. The first-order valence-electron chi connectivity index (χ1n) is 6.95. The van der Waals surface area contributed by atoms with Crippen LogP contribution >= 0.6 is 0 Å². The van der Waals surface area contributed by atoms with Gasteiger partial charge in [0.05, 0.1) is 12.1 Å². The third kappa shape index (κ3) is 4.88. The molecule has 0 bridgehead atoms. The van der Waals surface area contributed by atoms with Crippen LogP contribution in [-0.4, -0.2) is 18.0 Å². The molecular formula is C17H15F2NO3. The lowest BCUT2D eigenvalue weighted by Gasteiger charge is -2.14. The molecule has 2 aromatic carbocycles. The normalized spacial score (nSPS) is 11.6. The summed E-state index contributed by atoms with van der Waals surface area (Å²) in [6.45, 7) is 1.39. The lowest BCUT2D eigenvalue weighted by atomic mass is 10.1. The minimum atomic E-state index is -1.08. The number of carbonyl (C=O) groups excluding carboxylic acids is 2. The van der Waals surface area contributed by atoms with Crippen molar-refractivity contribution in [2.75, 3.05) is 5.32 Å². The van der Waals surface area contributed by atoms with E-state index < -0.39 is 29.6 Å². The summed E-state index contributed by atoms with van der Waals surface area (Å²) >= 11 is 0. The van der Waals surface area contributed by atoms with Gasteiger partial charge < -0.3 is 10.1 Å². The first-order chi connectivity index (χ1) is 11.0. The molecular weight excluding hydrogens is 304 g/mol. The van der Waals surface area contributed by atoms with Crippen LogP contribution in [0.15, 0.2) is 48.5 Å². The van der Waals surface area contributed by atoms with Crippen molar-refractivity contribution in [3.8, 4) is 0 Å². The van der Waals surface area contributed by atoms with Gasteiger partial charge in [0.25, 0.3) is 5.91 Å². The second-order valence-electron chi connectivity index (χ2n) is 4.90. The van der Waals surface area contributed by atoms with Crippen molar-refractivity contribution < 1.29 is 23.1 Å². The summed E-state index contributed by atoms with van der Waals surface area (Å²) in [5, 5.41) is 2.35. The number of benzene rings is 2. The maximum atomic E-state index is 13.4. The third-order valence-corrected chi connectivity index (χ3v) is 3.07. The molecule has 0 spiro atoms. The first-order valence-corrected chi connectivity index (χ1v) is 6.95.